The minimum absolute atomic E-state index is 0.0603. The van der Waals surface area contributed by atoms with Crippen LogP contribution in [-0.2, 0) is 13.0 Å². The smallest absolute Gasteiger partial charge is 0.187 e. The summed E-state index contributed by atoms with van der Waals surface area (Å²) in [7, 11) is 0. The maximum Gasteiger partial charge on any atom is 0.187 e. The third-order valence-corrected chi connectivity index (χ3v) is 4.29. The number of hydrogen-bond acceptors (Lipinski definition) is 7. The van der Waals surface area contributed by atoms with E-state index in [1.165, 1.54) is 0 Å². The van der Waals surface area contributed by atoms with Crippen molar-refractivity contribution in [3.8, 4) is 0 Å². The van der Waals surface area contributed by atoms with Crippen molar-refractivity contribution in [1.82, 2.24) is 24.3 Å². The van der Waals surface area contributed by atoms with Crippen molar-refractivity contribution < 1.29 is 4.79 Å². The lowest BCUT2D eigenvalue weighted by molar-refractivity contribution is 0.0987. The van der Waals surface area contributed by atoms with Gasteiger partial charge in [0.05, 0.1) is 29.8 Å². The van der Waals surface area contributed by atoms with Crippen molar-refractivity contribution in [3.63, 3.8) is 0 Å². The van der Waals surface area contributed by atoms with Gasteiger partial charge in [0.2, 0.25) is 0 Å². The highest BCUT2D eigenvalue weighted by Crippen LogP contribution is 2.15. The highest BCUT2D eigenvalue weighted by Gasteiger charge is 2.11. The number of aromatic nitrogens is 5. The van der Waals surface area contributed by atoms with E-state index in [1.807, 2.05) is 41.8 Å². The predicted octanol–water partition coefficient (Wildman–Crippen LogP) is 2.45. The molecule has 0 aliphatic carbocycles. The van der Waals surface area contributed by atoms with Gasteiger partial charge in [0.25, 0.3) is 0 Å². The number of carbonyl (C=O) groups is 1. The number of aryl methyl sites for hydroxylation is 1. The molecular formula is C20H19N7O. The molecule has 0 atom stereocenters. The molecule has 140 valence electrons. The number of nitrogen functional groups attached to an aromatic ring is 1. The molecule has 3 N–H and O–H groups in total. The Labute approximate surface area is 161 Å². The van der Waals surface area contributed by atoms with Crippen molar-refractivity contribution in [2.24, 2.45) is 0 Å². The molecular weight excluding hydrogens is 354 g/mol. The molecule has 0 bridgehead atoms. The summed E-state index contributed by atoms with van der Waals surface area (Å²) in [5, 5.41) is 3.21. The van der Waals surface area contributed by atoms with E-state index in [1.54, 1.807) is 24.8 Å². The van der Waals surface area contributed by atoms with Crippen LogP contribution < -0.4 is 11.1 Å². The van der Waals surface area contributed by atoms with E-state index < -0.39 is 0 Å². The molecule has 0 aromatic carbocycles. The van der Waals surface area contributed by atoms with Crippen LogP contribution in [0.25, 0.3) is 5.65 Å². The van der Waals surface area contributed by atoms with Crippen LogP contribution in [-0.4, -0.2) is 30.1 Å². The van der Waals surface area contributed by atoms with E-state index in [9.17, 15) is 4.79 Å². The lowest BCUT2D eigenvalue weighted by Gasteiger charge is -2.09. The number of Topliss-reactive ketones (excluding diaryl/α,β-unsaturated/α-hetero) is 1. The van der Waals surface area contributed by atoms with Gasteiger partial charge >= 0.3 is 0 Å². The Morgan fingerprint density at radius 1 is 1.18 bits per heavy atom. The maximum atomic E-state index is 12.6. The van der Waals surface area contributed by atoms with E-state index in [4.69, 9.17) is 5.73 Å². The zero-order valence-electron chi connectivity index (χ0n) is 15.3. The molecule has 0 unspecified atom stereocenters. The number of hydrogen-bond donors (Lipinski definition) is 2. The highest BCUT2D eigenvalue weighted by atomic mass is 16.1. The SMILES string of the molecule is Cc1cn2cc(C(=O)Cc3ccnc(CNc4cccnc4N)c3)ncc2n1. The summed E-state index contributed by atoms with van der Waals surface area (Å²) in [6.07, 6.45) is 8.78. The molecule has 0 amide bonds. The van der Waals surface area contributed by atoms with Crippen molar-refractivity contribution in [1.29, 1.82) is 0 Å². The van der Waals surface area contributed by atoms with Crippen LogP contribution in [0.3, 0.4) is 0 Å². The molecule has 8 nitrogen and oxygen atoms in total. The van der Waals surface area contributed by atoms with Gasteiger partial charge in [-0.05, 0) is 36.8 Å². The molecule has 4 heterocycles. The van der Waals surface area contributed by atoms with Crippen LogP contribution >= 0.6 is 0 Å². The molecule has 0 fully saturated rings. The lowest BCUT2D eigenvalue weighted by atomic mass is 10.1. The number of rotatable bonds is 6. The average Bonchev–Trinajstić information content (AvgIpc) is 3.07. The van der Waals surface area contributed by atoms with Gasteiger partial charge in [-0.25, -0.2) is 15.0 Å². The number of nitrogens with two attached hydrogens (primary N) is 1. The number of fused-ring (bicyclic) bond motifs is 1. The van der Waals surface area contributed by atoms with Gasteiger partial charge in [-0.2, -0.15) is 0 Å². The zero-order valence-corrected chi connectivity index (χ0v) is 15.3. The molecule has 4 aromatic heterocycles. The van der Waals surface area contributed by atoms with Gasteiger partial charge in [-0.15, -0.1) is 0 Å². The summed E-state index contributed by atoms with van der Waals surface area (Å²) >= 11 is 0. The van der Waals surface area contributed by atoms with Gasteiger partial charge < -0.3 is 15.5 Å². The molecule has 0 spiro atoms. The first-order valence-corrected chi connectivity index (χ1v) is 8.81. The second kappa shape index (κ2) is 7.43. The topological polar surface area (TPSA) is 111 Å². The standard InChI is InChI=1S/C20H19N7O/c1-13-11-27-12-17(25-10-19(27)26-13)18(28)8-14-4-6-22-15(7-14)9-24-16-3-2-5-23-20(16)21/h2-7,10-12,24H,8-9H2,1H3,(H2,21,23). The summed E-state index contributed by atoms with van der Waals surface area (Å²) in [6, 6.07) is 7.40. The Hall–Kier alpha value is -3.81. The minimum atomic E-state index is -0.0603. The fourth-order valence-corrected chi connectivity index (χ4v) is 2.93. The Kier molecular flexibility index (Phi) is 4.67. The fraction of sp³-hybridized carbons (Fsp3) is 0.150. The van der Waals surface area contributed by atoms with E-state index in [0.29, 0.717) is 18.1 Å². The number of nitrogens with one attached hydrogen (secondary N) is 1. The van der Waals surface area contributed by atoms with Gasteiger partial charge in [0.1, 0.15) is 11.5 Å². The number of pyridine rings is 2. The van der Waals surface area contributed by atoms with Gasteiger partial charge in [-0.3, -0.25) is 9.78 Å². The maximum absolute atomic E-state index is 12.6. The van der Waals surface area contributed by atoms with E-state index in [-0.39, 0.29) is 12.2 Å². The summed E-state index contributed by atoms with van der Waals surface area (Å²) in [6.45, 7) is 2.39. The molecule has 0 saturated carbocycles. The Morgan fingerprint density at radius 2 is 2.07 bits per heavy atom. The van der Waals surface area contributed by atoms with Crippen molar-refractivity contribution in [3.05, 3.63) is 77.9 Å². The summed E-state index contributed by atoms with van der Waals surface area (Å²) < 4.78 is 1.82. The monoisotopic (exact) mass is 373 g/mol. The molecule has 4 rings (SSSR count). The van der Waals surface area contributed by atoms with Crippen molar-refractivity contribution in [2.75, 3.05) is 11.1 Å². The molecule has 28 heavy (non-hydrogen) atoms. The molecule has 0 aliphatic rings. The van der Waals surface area contributed by atoms with Crippen LogP contribution in [0.5, 0.6) is 0 Å². The number of imidazole rings is 1. The Morgan fingerprint density at radius 3 is 2.93 bits per heavy atom. The van der Waals surface area contributed by atoms with Gasteiger partial charge in [0, 0.05) is 31.2 Å². The number of carbonyl (C=O) groups excluding carboxylic acids is 1. The number of anilines is 2. The van der Waals surface area contributed by atoms with Crippen molar-refractivity contribution >= 4 is 22.9 Å². The minimum Gasteiger partial charge on any atom is -0.382 e. The van der Waals surface area contributed by atoms with E-state index in [2.05, 4.69) is 25.3 Å². The number of ketones is 1. The zero-order chi connectivity index (χ0) is 19.5. The first-order chi connectivity index (χ1) is 13.6. The Bertz CT molecular complexity index is 1150. The fourth-order valence-electron chi connectivity index (χ4n) is 2.93. The van der Waals surface area contributed by atoms with Crippen LogP contribution in [0, 0.1) is 6.92 Å². The third-order valence-electron chi connectivity index (χ3n) is 4.29. The molecule has 0 radical (unpaired) electrons. The molecule has 4 aromatic rings. The summed E-state index contributed by atoms with van der Waals surface area (Å²) in [5.74, 6) is 0.375. The highest BCUT2D eigenvalue weighted by molar-refractivity contribution is 5.95. The lowest BCUT2D eigenvalue weighted by Crippen LogP contribution is -2.09. The van der Waals surface area contributed by atoms with Crippen LogP contribution in [0.2, 0.25) is 0 Å². The van der Waals surface area contributed by atoms with Gasteiger partial charge in [0.15, 0.2) is 11.4 Å². The second-order valence-electron chi connectivity index (χ2n) is 6.47. The average molecular weight is 373 g/mol. The van der Waals surface area contributed by atoms with Crippen LogP contribution in [0.15, 0.2) is 55.2 Å². The van der Waals surface area contributed by atoms with Crippen LogP contribution in [0.1, 0.15) is 27.4 Å². The normalized spacial score (nSPS) is 10.9. The second-order valence-corrected chi connectivity index (χ2v) is 6.47. The van der Waals surface area contributed by atoms with E-state index >= 15 is 0 Å². The number of nitrogens with zero attached hydrogens (tertiary/aromatic N) is 5. The van der Waals surface area contributed by atoms with Gasteiger partial charge in [-0.1, -0.05) is 0 Å². The molecule has 0 saturated heterocycles. The summed E-state index contributed by atoms with van der Waals surface area (Å²) in [4.78, 5) is 29.6. The van der Waals surface area contributed by atoms with Crippen LogP contribution in [0.4, 0.5) is 11.5 Å². The third kappa shape index (κ3) is 3.80. The Balaban J connectivity index is 1.46. The largest absolute Gasteiger partial charge is 0.382 e. The van der Waals surface area contributed by atoms with Crippen molar-refractivity contribution in [2.45, 2.75) is 19.9 Å². The first kappa shape index (κ1) is 17.6. The van der Waals surface area contributed by atoms with E-state index in [0.717, 1.165) is 28.3 Å². The molecule has 0 aliphatic heterocycles. The predicted molar refractivity (Wildman–Crippen MR) is 106 cm³/mol. The quantitative estimate of drug-likeness (QED) is 0.499. The molecule has 8 heteroatoms. The summed E-state index contributed by atoms with van der Waals surface area (Å²) in [5.41, 5.74) is 10.3. The first-order valence-electron chi connectivity index (χ1n) is 8.81.